The fraction of sp³-hybridized carbons (Fsp3) is 0.207. The summed E-state index contributed by atoms with van der Waals surface area (Å²) in [6.07, 6.45) is 3.43. The zero-order chi connectivity index (χ0) is 25.8. The second-order valence-corrected chi connectivity index (χ2v) is 9.98. The average molecular weight is 513 g/mol. The molecule has 2 aromatic heterocycles. The number of nitrogens with one attached hydrogen (secondary N) is 1. The molecule has 1 aliphatic rings. The number of aromatic nitrogens is 2. The third kappa shape index (κ3) is 5.71. The predicted molar refractivity (Wildman–Crippen MR) is 145 cm³/mol. The van der Waals surface area contributed by atoms with Gasteiger partial charge in [-0.1, -0.05) is 42.5 Å². The van der Waals surface area contributed by atoms with E-state index in [-0.39, 0.29) is 29.7 Å². The molecule has 7 nitrogen and oxygen atoms in total. The summed E-state index contributed by atoms with van der Waals surface area (Å²) < 4.78 is 7.62. The maximum atomic E-state index is 13.8. The molecule has 0 saturated carbocycles. The summed E-state index contributed by atoms with van der Waals surface area (Å²) in [4.78, 5) is 29.6. The molecule has 3 heterocycles. The molecule has 2 amide bonds. The van der Waals surface area contributed by atoms with Gasteiger partial charge in [0, 0.05) is 30.4 Å². The van der Waals surface area contributed by atoms with Gasteiger partial charge in [0.1, 0.15) is 11.4 Å². The van der Waals surface area contributed by atoms with E-state index in [0.717, 1.165) is 21.8 Å². The van der Waals surface area contributed by atoms with Gasteiger partial charge in [-0.3, -0.25) is 9.59 Å². The van der Waals surface area contributed by atoms with E-state index < -0.39 is 0 Å². The van der Waals surface area contributed by atoms with Gasteiger partial charge >= 0.3 is 0 Å². The zero-order valence-corrected chi connectivity index (χ0v) is 21.5. The minimum absolute atomic E-state index is 0.0960. The van der Waals surface area contributed by atoms with Crippen LogP contribution in [0.15, 0.2) is 90.1 Å². The highest BCUT2D eigenvalue weighted by atomic mass is 32.1. The van der Waals surface area contributed by atoms with Gasteiger partial charge in [-0.2, -0.15) is 5.10 Å². The maximum Gasteiger partial charge on any atom is 0.270 e. The maximum absolute atomic E-state index is 13.8. The van der Waals surface area contributed by atoms with Gasteiger partial charge in [0.15, 0.2) is 0 Å². The first-order chi connectivity index (χ1) is 18.0. The molecule has 0 bridgehead atoms. The third-order valence-electron chi connectivity index (χ3n) is 6.04. The second-order valence-electron chi connectivity index (χ2n) is 9.04. The van der Waals surface area contributed by atoms with E-state index in [1.54, 1.807) is 51.3 Å². The van der Waals surface area contributed by atoms with E-state index in [0.29, 0.717) is 18.7 Å². The Morgan fingerprint density at radius 3 is 2.30 bits per heavy atom. The van der Waals surface area contributed by atoms with Crippen LogP contribution >= 0.6 is 11.3 Å². The van der Waals surface area contributed by atoms with Crippen molar-refractivity contribution >= 4 is 29.2 Å². The van der Waals surface area contributed by atoms with Crippen molar-refractivity contribution in [2.75, 3.05) is 13.1 Å². The summed E-state index contributed by atoms with van der Waals surface area (Å²) >= 11 is 1.57. The molecule has 0 spiro atoms. The van der Waals surface area contributed by atoms with Crippen molar-refractivity contribution in [1.29, 1.82) is 0 Å². The SMILES string of the molecule is C[C@H]1CN(C(=O)/C(=C/c2cn(-c3ccccc3)nc2-c2cccs2)NC(=O)c2ccccc2)C[C@H](C)O1. The number of benzene rings is 2. The van der Waals surface area contributed by atoms with E-state index in [1.165, 1.54) is 0 Å². The number of nitrogens with zero attached hydrogens (tertiary/aromatic N) is 3. The van der Waals surface area contributed by atoms with E-state index in [1.807, 2.05) is 74.0 Å². The minimum atomic E-state index is -0.345. The summed E-state index contributed by atoms with van der Waals surface area (Å²) in [5.41, 5.74) is 3.04. The highest BCUT2D eigenvalue weighted by Crippen LogP contribution is 2.29. The number of para-hydroxylation sites is 1. The summed E-state index contributed by atoms with van der Waals surface area (Å²) in [6, 6.07) is 22.6. The van der Waals surface area contributed by atoms with Gasteiger partial charge in [0.05, 0.1) is 22.8 Å². The molecule has 0 unspecified atom stereocenters. The van der Waals surface area contributed by atoms with E-state index in [9.17, 15) is 9.59 Å². The normalized spacial score (nSPS) is 18.0. The van der Waals surface area contributed by atoms with Crippen LogP contribution in [0.25, 0.3) is 22.3 Å². The number of rotatable bonds is 6. The summed E-state index contributed by atoms with van der Waals surface area (Å²) in [6.45, 7) is 4.78. The molecule has 2 aromatic carbocycles. The molecule has 0 aliphatic carbocycles. The number of amides is 2. The van der Waals surface area contributed by atoms with Crippen LogP contribution in [-0.2, 0) is 9.53 Å². The lowest BCUT2D eigenvalue weighted by molar-refractivity contribution is -0.139. The van der Waals surface area contributed by atoms with Crippen LogP contribution in [0.5, 0.6) is 0 Å². The Balaban J connectivity index is 1.57. The van der Waals surface area contributed by atoms with Gasteiger partial charge in [-0.05, 0) is 55.6 Å². The number of hydrogen-bond acceptors (Lipinski definition) is 5. The molecule has 1 N–H and O–H groups in total. The molecule has 4 aromatic rings. The van der Waals surface area contributed by atoms with Crippen LogP contribution in [0.1, 0.15) is 29.8 Å². The molecule has 2 atom stereocenters. The van der Waals surface area contributed by atoms with E-state index >= 15 is 0 Å². The average Bonchev–Trinajstić information content (AvgIpc) is 3.58. The molecular weight excluding hydrogens is 484 g/mol. The van der Waals surface area contributed by atoms with Crippen molar-refractivity contribution in [1.82, 2.24) is 20.0 Å². The number of ether oxygens (including phenoxy) is 1. The van der Waals surface area contributed by atoms with Crippen LogP contribution in [0.2, 0.25) is 0 Å². The Morgan fingerprint density at radius 1 is 0.973 bits per heavy atom. The molecule has 188 valence electrons. The highest BCUT2D eigenvalue weighted by Gasteiger charge is 2.29. The summed E-state index contributed by atoms with van der Waals surface area (Å²) in [5, 5.41) is 9.71. The lowest BCUT2D eigenvalue weighted by Crippen LogP contribution is -2.50. The van der Waals surface area contributed by atoms with Crippen LogP contribution < -0.4 is 5.32 Å². The van der Waals surface area contributed by atoms with Crippen LogP contribution in [0.4, 0.5) is 0 Å². The van der Waals surface area contributed by atoms with E-state index in [4.69, 9.17) is 9.84 Å². The second kappa shape index (κ2) is 10.9. The first-order valence-corrected chi connectivity index (χ1v) is 13.1. The molecule has 37 heavy (non-hydrogen) atoms. The van der Waals surface area contributed by atoms with E-state index in [2.05, 4.69) is 5.32 Å². The Bertz CT molecular complexity index is 1390. The standard InChI is InChI=1S/C29H28N4O3S/c1-20-17-32(18-21(2)36-20)29(35)25(30-28(34)22-10-5-3-6-11-22)16-23-19-33(24-12-7-4-8-13-24)31-27(23)26-14-9-15-37-26/h3-16,19-21H,17-18H2,1-2H3,(H,30,34)/b25-16-/t20-,21-/m0/s1. The van der Waals surface area contributed by atoms with Gasteiger partial charge in [0.2, 0.25) is 0 Å². The number of hydrogen-bond donors (Lipinski definition) is 1. The van der Waals surface area contributed by atoms with Crippen molar-refractivity contribution in [3.63, 3.8) is 0 Å². The Kier molecular flexibility index (Phi) is 7.30. The van der Waals surface area contributed by atoms with Crippen molar-refractivity contribution in [2.45, 2.75) is 26.1 Å². The fourth-order valence-corrected chi connectivity index (χ4v) is 5.15. The Hall–Kier alpha value is -4.01. The van der Waals surface area contributed by atoms with Crippen molar-refractivity contribution in [3.05, 3.63) is 101 Å². The van der Waals surface area contributed by atoms with Crippen molar-refractivity contribution in [3.8, 4) is 16.3 Å². The molecule has 0 radical (unpaired) electrons. The number of morpholine rings is 1. The minimum Gasteiger partial charge on any atom is -0.372 e. The molecule has 1 aliphatic heterocycles. The first-order valence-electron chi connectivity index (χ1n) is 12.2. The smallest absolute Gasteiger partial charge is 0.270 e. The third-order valence-corrected chi connectivity index (χ3v) is 6.92. The zero-order valence-electron chi connectivity index (χ0n) is 20.7. The fourth-order valence-electron chi connectivity index (χ4n) is 4.42. The Labute approximate surface area is 220 Å². The van der Waals surface area contributed by atoms with Gasteiger partial charge in [-0.25, -0.2) is 4.68 Å². The molecule has 8 heteroatoms. The van der Waals surface area contributed by atoms with Crippen LogP contribution in [0.3, 0.4) is 0 Å². The van der Waals surface area contributed by atoms with Crippen molar-refractivity contribution < 1.29 is 14.3 Å². The number of thiophene rings is 1. The van der Waals surface area contributed by atoms with Gasteiger partial charge < -0.3 is 15.0 Å². The molecule has 1 fully saturated rings. The number of carbonyl (C=O) groups is 2. The summed E-state index contributed by atoms with van der Waals surface area (Å²) in [5.74, 6) is -0.599. The lowest BCUT2D eigenvalue weighted by atomic mass is 10.1. The van der Waals surface area contributed by atoms with Gasteiger partial charge in [-0.15, -0.1) is 11.3 Å². The molecular formula is C29H28N4O3S. The molecule has 1 saturated heterocycles. The summed E-state index contributed by atoms with van der Waals surface area (Å²) in [7, 11) is 0. The van der Waals surface area contributed by atoms with Crippen LogP contribution in [0, 0.1) is 0 Å². The predicted octanol–water partition coefficient (Wildman–Crippen LogP) is 5.01. The van der Waals surface area contributed by atoms with Crippen LogP contribution in [-0.4, -0.2) is 51.8 Å². The number of carbonyl (C=O) groups excluding carboxylic acids is 2. The van der Waals surface area contributed by atoms with Gasteiger partial charge in [0.25, 0.3) is 11.8 Å². The topological polar surface area (TPSA) is 76.5 Å². The largest absolute Gasteiger partial charge is 0.372 e. The Morgan fingerprint density at radius 2 is 1.65 bits per heavy atom. The molecule has 5 rings (SSSR count). The quantitative estimate of drug-likeness (QED) is 0.369. The monoisotopic (exact) mass is 512 g/mol. The lowest BCUT2D eigenvalue weighted by Gasteiger charge is -2.35. The van der Waals surface area contributed by atoms with Crippen molar-refractivity contribution in [2.24, 2.45) is 0 Å². The highest BCUT2D eigenvalue weighted by molar-refractivity contribution is 7.13. The first kappa shape index (κ1) is 24.7.